The molecule has 24 heavy (non-hydrogen) atoms. The van der Waals surface area contributed by atoms with Gasteiger partial charge in [-0.15, -0.1) is 0 Å². The zero-order chi connectivity index (χ0) is 17.1. The molecule has 6 nitrogen and oxygen atoms in total. The van der Waals surface area contributed by atoms with Gasteiger partial charge in [0.05, 0.1) is 10.8 Å². The molecule has 7 heteroatoms. The van der Waals surface area contributed by atoms with E-state index in [0.717, 1.165) is 5.56 Å². The van der Waals surface area contributed by atoms with Gasteiger partial charge in [0.1, 0.15) is 5.82 Å². The summed E-state index contributed by atoms with van der Waals surface area (Å²) in [6.07, 6.45) is 0.555. The third kappa shape index (κ3) is 3.24. The van der Waals surface area contributed by atoms with Crippen molar-refractivity contribution in [2.75, 3.05) is 6.54 Å². The molecule has 3 rings (SSSR count). The summed E-state index contributed by atoms with van der Waals surface area (Å²) in [4.78, 5) is 35.5. The van der Waals surface area contributed by atoms with E-state index < -0.39 is 11.1 Å². The van der Waals surface area contributed by atoms with Gasteiger partial charge in [0, 0.05) is 12.1 Å². The molecule has 0 radical (unpaired) electrons. The summed E-state index contributed by atoms with van der Waals surface area (Å²) in [5.41, 5.74) is 0.300. The molecule has 0 aliphatic heterocycles. The van der Waals surface area contributed by atoms with Gasteiger partial charge in [0.25, 0.3) is 17.0 Å². The Morgan fingerprint density at radius 3 is 2.33 bits per heavy atom. The average molecular weight is 327 g/mol. The van der Waals surface area contributed by atoms with Crippen LogP contribution in [0.15, 0.2) is 52.1 Å². The number of amides is 1. The highest BCUT2D eigenvalue weighted by Gasteiger charge is 2.09. The summed E-state index contributed by atoms with van der Waals surface area (Å²) in [5.74, 6) is -0.655. The predicted molar refractivity (Wildman–Crippen MR) is 87.6 cm³/mol. The molecule has 0 unspecified atom stereocenters. The minimum absolute atomic E-state index is 0.157. The number of H-pyrrole nitrogens is 2. The number of carbonyl (C=O) groups is 1. The maximum Gasteiger partial charge on any atom is 0.270 e. The van der Waals surface area contributed by atoms with Gasteiger partial charge in [-0.2, -0.15) is 0 Å². The Hall–Kier alpha value is -3.22. The van der Waals surface area contributed by atoms with Crippen molar-refractivity contribution in [1.29, 1.82) is 0 Å². The lowest BCUT2D eigenvalue weighted by atomic mass is 10.1. The number of halogens is 1. The average Bonchev–Trinajstić information content (AvgIpc) is 2.59. The van der Waals surface area contributed by atoms with Crippen LogP contribution in [0.1, 0.15) is 15.9 Å². The first-order valence-electron chi connectivity index (χ1n) is 7.32. The van der Waals surface area contributed by atoms with Crippen LogP contribution in [0.2, 0.25) is 0 Å². The third-order valence-electron chi connectivity index (χ3n) is 3.67. The topological polar surface area (TPSA) is 94.8 Å². The molecule has 0 atom stereocenters. The van der Waals surface area contributed by atoms with Crippen molar-refractivity contribution in [2.45, 2.75) is 6.42 Å². The van der Waals surface area contributed by atoms with Crippen molar-refractivity contribution in [3.8, 4) is 0 Å². The van der Waals surface area contributed by atoms with Gasteiger partial charge in [-0.3, -0.25) is 24.6 Å². The lowest BCUT2D eigenvalue weighted by Crippen LogP contribution is -2.26. The van der Waals surface area contributed by atoms with Crippen LogP contribution in [-0.4, -0.2) is 22.6 Å². The van der Waals surface area contributed by atoms with Crippen LogP contribution < -0.4 is 16.4 Å². The van der Waals surface area contributed by atoms with Crippen molar-refractivity contribution in [1.82, 2.24) is 15.5 Å². The van der Waals surface area contributed by atoms with E-state index in [-0.39, 0.29) is 28.1 Å². The number of fused-ring (bicyclic) bond motifs is 1. The number of aromatic nitrogens is 2. The van der Waals surface area contributed by atoms with Crippen molar-refractivity contribution in [3.05, 3.63) is 80.1 Å². The number of aromatic amines is 2. The highest BCUT2D eigenvalue weighted by Crippen LogP contribution is 2.08. The Balaban J connectivity index is 1.72. The molecule has 3 aromatic rings. The van der Waals surface area contributed by atoms with E-state index >= 15 is 0 Å². The molecule has 0 fully saturated rings. The maximum atomic E-state index is 12.8. The minimum atomic E-state index is -0.467. The summed E-state index contributed by atoms with van der Waals surface area (Å²) in [7, 11) is 0. The lowest BCUT2D eigenvalue weighted by molar-refractivity contribution is 0.0954. The molecule has 2 aromatic carbocycles. The highest BCUT2D eigenvalue weighted by atomic mass is 19.1. The maximum absolute atomic E-state index is 12.8. The third-order valence-corrected chi connectivity index (χ3v) is 3.67. The van der Waals surface area contributed by atoms with Crippen molar-refractivity contribution >= 4 is 16.7 Å². The van der Waals surface area contributed by atoms with Crippen molar-refractivity contribution in [2.24, 2.45) is 0 Å². The molecule has 122 valence electrons. The standard InChI is InChI=1S/C17H14FN3O3/c18-12-4-1-10(2-5-12)7-8-19-15(22)11-3-6-13-14(9-11)17(24)21-20-16(13)23/h1-6,9H,7-8H2,(H,19,22)(H,20,23)(H,21,24). The molecule has 1 aromatic heterocycles. The van der Waals surface area contributed by atoms with Gasteiger partial charge >= 0.3 is 0 Å². The Kier molecular flexibility index (Phi) is 4.24. The second-order valence-corrected chi connectivity index (χ2v) is 5.30. The zero-order valence-corrected chi connectivity index (χ0v) is 12.6. The van der Waals surface area contributed by atoms with Crippen LogP contribution in [0.5, 0.6) is 0 Å². The zero-order valence-electron chi connectivity index (χ0n) is 12.6. The molecule has 0 aliphatic carbocycles. The van der Waals surface area contributed by atoms with Gasteiger partial charge in [-0.05, 0) is 42.3 Å². The van der Waals surface area contributed by atoms with Gasteiger partial charge in [-0.1, -0.05) is 12.1 Å². The van der Waals surface area contributed by atoms with Crippen LogP contribution in [0.25, 0.3) is 10.8 Å². The molecule has 0 saturated carbocycles. The monoisotopic (exact) mass is 327 g/mol. The Morgan fingerprint density at radius 2 is 1.62 bits per heavy atom. The number of nitrogens with one attached hydrogen (secondary N) is 3. The summed E-state index contributed by atoms with van der Waals surface area (Å²) < 4.78 is 12.8. The minimum Gasteiger partial charge on any atom is -0.352 e. The number of carbonyl (C=O) groups excluding carboxylic acids is 1. The fourth-order valence-corrected chi connectivity index (χ4v) is 2.39. The predicted octanol–water partition coefficient (Wildman–Crippen LogP) is 1.33. The molecule has 0 spiro atoms. The second kappa shape index (κ2) is 6.49. The Labute approximate surface area is 135 Å². The molecule has 1 amide bonds. The molecule has 1 heterocycles. The fraction of sp³-hybridized carbons (Fsp3) is 0.118. The van der Waals surface area contributed by atoms with Gasteiger partial charge in [0.15, 0.2) is 0 Å². The number of rotatable bonds is 4. The van der Waals surface area contributed by atoms with Crippen LogP contribution in [0, 0.1) is 5.82 Å². The van der Waals surface area contributed by atoms with E-state index in [1.54, 1.807) is 12.1 Å². The summed E-state index contributed by atoms with van der Waals surface area (Å²) in [6, 6.07) is 10.4. The first-order chi connectivity index (χ1) is 11.5. The molecule has 0 bridgehead atoms. The summed E-state index contributed by atoms with van der Waals surface area (Å²) >= 11 is 0. The normalized spacial score (nSPS) is 10.7. The molecule has 0 saturated heterocycles. The second-order valence-electron chi connectivity index (χ2n) is 5.30. The van der Waals surface area contributed by atoms with E-state index in [0.29, 0.717) is 13.0 Å². The van der Waals surface area contributed by atoms with E-state index in [1.807, 2.05) is 0 Å². The molecule has 3 N–H and O–H groups in total. The first-order valence-corrected chi connectivity index (χ1v) is 7.32. The van der Waals surface area contributed by atoms with Crippen LogP contribution in [0.4, 0.5) is 4.39 Å². The summed E-state index contributed by atoms with van der Waals surface area (Å²) in [6.45, 7) is 0.369. The fourth-order valence-electron chi connectivity index (χ4n) is 2.39. The lowest BCUT2D eigenvalue weighted by Gasteiger charge is -2.06. The number of benzene rings is 2. The van der Waals surface area contributed by atoms with Gasteiger partial charge in [-0.25, -0.2) is 4.39 Å². The van der Waals surface area contributed by atoms with E-state index in [4.69, 9.17) is 0 Å². The van der Waals surface area contributed by atoms with E-state index in [1.165, 1.54) is 30.3 Å². The van der Waals surface area contributed by atoms with E-state index in [9.17, 15) is 18.8 Å². The highest BCUT2D eigenvalue weighted by molar-refractivity contribution is 5.98. The number of hydrogen-bond donors (Lipinski definition) is 3. The van der Waals surface area contributed by atoms with Gasteiger partial charge < -0.3 is 5.32 Å². The Bertz CT molecular complexity index is 1010. The summed E-state index contributed by atoms with van der Waals surface area (Å²) in [5, 5.41) is 7.56. The quantitative estimate of drug-likeness (QED) is 0.674. The smallest absolute Gasteiger partial charge is 0.270 e. The van der Waals surface area contributed by atoms with E-state index in [2.05, 4.69) is 15.5 Å². The Morgan fingerprint density at radius 1 is 0.958 bits per heavy atom. The van der Waals surface area contributed by atoms with Crippen molar-refractivity contribution < 1.29 is 9.18 Å². The van der Waals surface area contributed by atoms with Crippen LogP contribution in [0.3, 0.4) is 0 Å². The van der Waals surface area contributed by atoms with Crippen LogP contribution >= 0.6 is 0 Å². The molecule has 0 aliphatic rings. The largest absolute Gasteiger partial charge is 0.352 e. The van der Waals surface area contributed by atoms with Gasteiger partial charge in [0.2, 0.25) is 0 Å². The SMILES string of the molecule is O=C(NCCc1ccc(F)cc1)c1ccc2c(=O)[nH][nH]c(=O)c2c1. The molecular formula is C17H14FN3O3. The van der Waals surface area contributed by atoms with Crippen LogP contribution in [-0.2, 0) is 6.42 Å². The molecular weight excluding hydrogens is 313 g/mol. The van der Waals surface area contributed by atoms with Crippen molar-refractivity contribution in [3.63, 3.8) is 0 Å². The number of hydrogen-bond acceptors (Lipinski definition) is 3. The first kappa shape index (κ1) is 15.7.